The zero-order valence-electron chi connectivity index (χ0n) is 19.7. The van der Waals surface area contributed by atoms with Crippen LogP contribution < -0.4 is 5.32 Å². The van der Waals surface area contributed by atoms with Gasteiger partial charge in [-0.3, -0.25) is 4.79 Å². The largest absolute Gasteiger partial charge is 0.447 e. The Morgan fingerprint density at radius 2 is 1.65 bits per heavy atom. The van der Waals surface area contributed by atoms with Crippen LogP contribution in [-0.2, 0) is 27.3 Å². The lowest BCUT2D eigenvalue weighted by Crippen LogP contribution is -2.53. The van der Waals surface area contributed by atoms with E-state index in [1.807, 2.05) is 74.5 Å². The van der Waals surface area contributed by atoms with Crippen LogP contribution in [-0.4, -0.2) is 52.9 Å². The van der Waals surface area contributed by atoms with Gasteiger partial charge in [0.25, 0.3) is 0 Å². The fraction of sp³-hybridized carbons (Fsp3) is 0.423. The monoisotopic (exact) mass is 468 g/mol. The molecule has 2 aromatic carbocycles. The van der Waals surface area contributed by atoms with Gasteiger partial charge in [0.05, 0.1) is 24.1 Å². The maximum Gasteiger partial charge on any atom is 0.416 e. The van der Waals surface area contributed by atoms with Crippen molar-refractivity contribution in [3.05, 3.63) is 71.8 Å². The number of rotatable bonds is 9. The average Bonchev–Trinajstić information content (AvgIpc) is 3.24. The van der Waals surface area contributed by atoms with Crippen molar-refractivity contribution >= 4 is 18.1 Å². The van der Waals surface area contributed by atoms with E-state index in [1.165, 1.54) is 0 Å². The van der Waals surface area contributed by atoms with Gasteiger partial charge in [0.1, 0.15) is 13.2 Å². The van der Waals surface area contributed by atoms with Gasteiger partial charge < -0.3 is 19.9 Å². The van der Waals surface area contributed by atoms with Crippen molar-refractivity contribution < 1.29 is 29.0 Å². The second-order valence-corrected chi connectivity index (χ2v) is 8.88. The summed E-state index contributed by atoms with van der Waals surface area (Å²) in [5.41, 5.74) is 1.70. The molecule has 1 aliphatic rings. The van der Waals surface area contributed by atoms with E-state index in [9.17, 15) is 19.5 Å². The maximum atomic E-state index is 13.2. The molecule has 0 aliphatic carbocycles. The molecule has 3 rings (SSSR count). The first kappa shape index (κ1) is 25.2. The first-order valence-corrected chi connectivity index (χ1v) is 11.5. The molecule has 3 amide bonds. The van der Waals surface area contributed by atoms with Crippen molar-refractivity contribution in [2.45, 2.75) is 52.0 Å². The standard InChI is InChI=1S/C26H32N2O6/c1-17(2)22-16-34-26(32)28(22)24(30)18(3)23(29)21(14-19-10-6-4-7-11-19)27-25(31)33-15-20-12-8-5-9-13-20/h4-13,17-18,21-23,29H,14-16H2,1-3H3,(H,27,31)/t18-,21-,22+,23-/m0/s1. The molecule has 0 saturated carbocycles. The van der Waals surface area contributed by atoms with Gasteiger partial charge in [-0.05, 0) is 23.5 Å². The minimum absolute atomic E-state index is 0.00551. The fourth-order valence-electron chi connectivity index (χ4n) is 3.94. The number of nitrogens with zero attached hydrogens (tertiary/aromatic N) is 1. The Kier molecular flexibility index (Phi) is 8.65. The number of nitrogens with one attached hydrogen (secondary N) is 1. The van der Waals surface area contributed by atoms with Crippen LogP contribution in [0, 0.1) is 11.8 Å². The molecule has 0 radical (unpaired) electrons. The van der Waals surface area contributed by atoms with E-state index in [0.717, 1.165) is 16.0 Å². The van der Waals surface area contributed by atoms with E-state index in [4.69, 9.17) is 9.47 Å². The quantitative estimate of drug-likeness (QED) is 0.583. The number of hydrogen-bond donors (Lipinski definition) is 2. The maximum absolute atomic E-state index is 13.2. The van der Waals surface area contributed by atoms with E-state index in [1.54, 1.807) is 6.92 Å². The molecule has 0 bridgehead atoms. The van der Waals surface area contributed by atoms with Gasteiger partial charge in [-0.2, -0.15) is 0 Å². The van der Waals surface area contributed by atoms with Gasteiger partial charge in [-0.1, -0.05) is 81.4 Å². The van der Waals surface area contributed by atoms with E-state index in [0.29, 0.717) is 0 Å². The van der Waals surface area contributed by atoms with Crippen LogP contribution in [0.5, 0.6) is 0 Å². The number of cyclic esters (lactones) is 1. The number of imide groups is 1. The predicted octanol–water partition coefficient (Wildman–Crippen LogP) is 3.52. The Hall–Kier alpha value is -3.39. The Bertz CT molecular complexity index is 966. The van der Waals surface area contributed by atoms with Crippen molar-refractivity contribution in [1.82, 2.24) is 10.2 Å². The van der Waals surface area contributed by atoms with Gasteiger partial charge in [-0.15, -0.1) is 0 Å². The van der Waals surface area contributed by atoms with Crippen molar-refractivity contribution in [1.29, 1.82) is 0 Å². The average molecular weight is 469 g/mol. The summed E-state index contributed by atoms with van der Waals surface area (Å²) in [4.78, 5) is 39.1. The lowest BCUT2D eigenvalue weighted by atomic mass is 9.91. The van der Waals surface area contributed by atoms with Gasteiger partial charge in [-0.25, -0.2) is 14.5 Å². The third-order valence-corrected chi connectivity index (χ3v) is 6.04. The zero-order valence-corrected chi connectivity index (χ0v) is 19.7. The van der Waals surface area contributed by atoms with Crippen LogP contribution in [0.15, 0.2) is 60.7 Å². The molecule has 8 nitrogen and oxygen atoms in total. The molecule has 1 saturated heterocycles. The van der Waals surface area contributed by atoms with Crippen LogP contribution in [0.25, 0.3) is 0 Å². The van der Waals surface area contributed by atoms with E-state index >= 15 is 0 Å². The normalized spacial score (nSPS) is 18.2. The van der Waals surface area contributed by atoms with Crippen molar-refractivity contribution in [3.63, 3.8) is 0 Å². The summed E-state index contributed by atoms with van der Waals surface area (Å²) in [6.07, 6.45) is -2.40. The summed E-state index contributed by atoms with van der Waals surface area (Å²) >= 11 is 0. The summed E-state index contributed by atoms with van der Waals surface area (Å²) in [7, 11) is 0. The number of carbonyl (C=O) groups excluding carboxylic acids is 3. The lowest BCUT2D eigenvalue weighted by Gasteiger charge is -2.31. The smallest absolute Gasteiger partial charge is 0.416 e. The Morgan fingerprint density at radius 3 is 2.24 bits per heavy atom. The Labute approximate surface area is 199 Å². The van der Waals surface area contributed by atoms with Crippen molar-refractivity contribution in [3.8, 4) is 0 Å². The summed E-state index contributed by atoms with van der Waals surface area (Å²) < 4.78 is 10.4. The summed E-state index contributed by atoms with van der Waals surface area (Å²) in [6, 6.07) is 17.3. The first-order chi connectivity index (χ1) is 16.3. The van der Waals surface area contributed by atoms with Gasteiger partial charge >= 0.3 is 12.2 Å². The second-order valence-electron chi connectivity index (χ2n) is 8.88. The number of ether oxygens (including phenoxy) is 2. The highest BCUT2D eigenvalue weighted by Gasteiger charge is 2.43. The summed E-state index contributed by atoms with van der Waals surface area (Å²) in [5.74, 6) is -1.49. The summed E-state index contributed by atoms with van der Waals surface area (Å²) in [6.45, 7) is 5.55. The molecule has 0 aromatic heterocycles. The molecular weight excluding hydrogens is 436 g/mol. The molecule has 1 heterocycles. The molecule has 1 aliphatic heterocycles. The van der Waals surface area contributed by atoms with Crippen molar-refractivity contribution in [2.75, 3.05) is 6.61 Å². The van der Waals surface area contributed by atoms with Crippen LogP contribution in [0.3, 0.4) is 0 Å². The molecule has 1 fully saturated rings. The third-order valence-electron chi connectivity index (χ3n) is 6.04. The minimum Gasteiger partial charge on any atom is -0.447 e. The number of aliphatic hydroxyl groups is 1. The highest BCUT2D eigenvalue weighted by atomic mass is 16.6. The molecule has 34 heavy (non-hydrogen) atoms. The van der Waals surface area contributed by atoms with Gasteiger partial charge in [0.15, 0.2) is 0 Å². The number of amides is 3. The lowest BCUT2D eigenvalue weighted by molar-refractivity contribution is -0.137. The van der Waals surface area contributed by atoms with E-state index < -0.39 is 42.2 Å². The SMILES string of the molecule is CC(C)[C@H]1COC(=O)N1C(=O)[C@@H](C)[C@H](O)[C@H](Cc1ccccc1)NC(=O)OCc1ccccc1. The molecular formula is C26H32N2O6. The number of carbonyl (C=O) groups is 3. The topological polar surface area (TPSA) is 105 Å². The number of hydrogen-bond acceptors (Lipinski definition) is 6. The van der Waals surface area contributed by atoms with Crippen molar-refractivity contribution in [2.24, 2.45) is 11.8 Å². The number of benzene rings is 2. The van der Waals surface area contributed by atoms with E-state index in [2.05, 4.69) is 5.32 Å². The molecule has 2 N–H and O–H groups in total. The molecule has 182 valence electrons. The fourth-order valence-corrected chi connectivity index (χ4v) is 3.94. The summed E-state index contributed by atoms with van der Waals surface area (Å²) in [5, 5.41) is 13.9. The molecule has 0 spiro atoms. The van der Waals surface area contributed by atoms with Crippen LogP contribution in [0.4, 0.5) is 9.59 Å². The molecule has 4 atom stereocenters. The molecule has 2 aromatic rings. The highest BCUT2D eigenvalue weighted by Crippen LogP contribution is 2.24. The van der Waals surface area contributed by atoms with E-state index in [-0.39, 0.29) is 25.6 Å². The second kappa shape index (κ2) is 11.7. The van der Waals surface area contributed by atoms with Gasteiger partial charge in [0, 0.05) is 0 Å². The zero-order chi connectivity index (χ0) is 24.7. The first-order valence-electron chi connectivity index (χ1n) is 11.5. The third kappa shape index (κ3) is 6.35. The highest BCUT2D eigenvalue weighted by molar-refractivity contribution is 5.95. The van der Waals surface area contributed by atoms with Crippen LogP contribution in [0.1, 0.15) is 31.9 Å². The van der Waals surface area contributed by atoms with Crippen LogP contribution in [0.2, 0.25) is 0 Å². The molecule has 0 unspecified atom stereocenters. The number of alkyl carbamates (subject to hydrolysis) is 1. The minimum atomic E-state index is -1.27. The predicted molar refractivity (Wildman–Crippen MR) is 126 cm³/mol. The Morgan fingerprint density at radius 1 is 1.06 bits per heavy atom. The molecule has 8 heteroatoms. The number of aliphatic hydroxyl groups excluding tert-OH is 1. The van der Waals surface area contributed by atoms with Crippen LogP contribution >= 0.6 is 0 Å². The Balaban J connectivity index is 1.72. The van der Waals surface area contributed by atoms with Gasteiger partial charge in [0.2, 0.25) is 5.91 Å².